The maximum atomic E-state index is 11.9. The normalized spacial score (nSPS) is 10.4. The quantitative estimate of drug-likeness (QED) is 0.793. The molecule has 1 aromatic carbocycles. The van der Waals surface area contributed by atoms with Crippen molar-refractivity contribution in [1.29, 1.82) is 0 Å². The van der Waals surface area contributed by atoms with Gasteiger partial charge in [0, 0.05) is 30.0 Å². The molecule has 0 saturated heterocycles. The third-order valence-corrected chi connectivity index (χ3v) is 2.90. The minimum absolute atomic E-state index is 0.0190. The van der Waals surface area contributed by atoms with Crippen LogP contribution in [-0.4, -0.2) is 17.0 Å². The van der Waals surface area contributed by atoms with Crippen molar-refractivity contribution >= 4 is 17.4 Å². The molecule has 0 spiro atoms. The van der Waals surface area contributed by atoms with E-state index in [4.69, 9.17) is 16.3 Å². The molecule has 1 heterocycles. The number of ether oxygens (including phenoxy) is 1. The molecular weight excluding hydrogens is 250 g/mol. The standard InChI is InChI=1S/C14H14ClNO2/c1-10-3-4-12(15)7-14(10)18-9-13(17)11-5-6-16(2)8-11/h3-8H,9H2,1-2H3. The van der Waals surface area contributed by atoms with Crippen LogP contribution in [0.4, 0.5) is 0 Å². The summed E-state index contributed by atoms with van der Waals surface area (Å²) in [7, 11) is 1.87. The fraction of sp³-hybridized carbons (Fsp3) is 0.214. The number of aromatic nitrogens is 1. The average molecular weight is 264 g/mol. The molecule has 2 aromatic rings. The zero-order valence-corrected chi connectivity index (χ0v) is 11.1. The Kier molecular flexibility index (Phi) is 3.72. The SMILES string of the molecule is Cc1ccc(Cl)cc1OCC(=O)c1ccn(C)c1. The molecule has 4 heteroatoms. The van der Waals surface area contributed by atoms with Gasteiger partial charge in [-0.15, -0.1) is 0 Å². The van der Waals surface area contributed by atoms with Gasteiger partial charge in [0.1, 0.15) is 5.75 Å². The van der Waals surface area contributed by atoms with Crippen LogP contribution in [0.15, 0.2) is 36.7 Å². The molecule has 18 heavy (non-hydrogen) atoms. The van der Waals surface area contributed by atoms with Crippen molar-refractivity contribution in [3.8, 4) is 5.75 Å². The summed E-state index contributed by atoms with van der Waals surface area (Å²) < 4.78 is 7.33. The van der Waals surface area contributed by atoms with Crippen LogP contribution in [-0.2, 0) is 7.05 Å². The lowest BCUT2D eigenvalue weighted by Crippen LogP contribution is -2.11. The number of ketones is 1. The lowest BCUT2D eigenvalue weighted by molar-refractivity contribution is 0.0921. The van der Waals surface area contributed by atoms with Gasteiger partial charge in [-0.1, -0.05) is 17.7 Å². The summed E-state index contributed by atoms with van der Waals surface area (Å²) in [5.41, 5.74) is 1.61. The number of halogens is 1. The number of carbonyl (C=O) groups is 1. The predicted molar refractivity (Wildman–Crippen MR) is 71.4 cm³/mol. The van der Waals surface area contributed by atoms with Gasteiger partial charge in [0.05, 0.1) is 0 Å². The number of Topliss-reactive ketones (excluding diaryl/α,β-unsaturated/α-hetero) is 1. The summed E-state index contributed by atoms with van der Waals surface area (Å²) in [5, 5.41) is 0.600. The molecule has 3 nitrogen and oxygen atoms in total. The third kappa shape index (κ3) is 2.93. The second kappa shape index (κ2) is 5.27. The summed E-state index contributed by atoms with van der Waals surface area (Å²) >= 11 is 5.88. The number of aryl methyl sites for hydroxylation is 2. The summed E-state index contributed by atoms with van der Waals surface area (Å²) in [5.74, 6) is 0.599. The van der Waals surface area contributed by atoms with Gasteiger partial charge in [0.2, 0.25) is 5.78 Å². The number of rotatable bonds is 4. The van der Waals surface area contributed by atoms with Gasteiger partial charge in [0.15, 0.2) is 6.61 Å². The van der Waals surface area contributed by atoms with Crippen molar-refractivity contribution in [2.75, 3.05) is 6.61 Å². The molecule has 0 amide bonds. The second-order valence-corrected chi connectivity index (χ2v) is 4.62. The van der Waals surface area contributed by atoms with E-state index in [9.17, 15) is 4.79 Å². The number of benzene rings is 1. The lowest BCUT2D eigenvalue weighted by Gasteiger charge is -2.08. The van der Waals surface area contributed by atoms with E-state index < -0.39 is 0 Å². The Morgan fingerprint density at radius 1 is 1.39 bits per heavy atom. The van der Waals surface area contributed by atoms with E-state index in [2.05, 4.69) is 0 Å². The van der Waals surface area contributed by atoms with Crippen molar-refractivity contribution in [2.45, 2.75) is 6.92 Å². The van der Waals surface area contributed by atoms with Gasteiger partial charge >= 0.3 is 0 Å². The van der Waals surface area contributed by atoms with Crippen molar-refractivity contribution in [2.24, 2.45) is 7.05 Å². The summed E-state index contributed by atoms with van der Waals surface area (Å²) in [6.45, 7) is 1.93. The highest BCUT2D eigenvalue weighted by Crippen LogP contribution is 2.22. The molecule has 0 radical (unpaired) electrons. The molecule has 0 N–H and O–H groups in total. The molecule has 0 unspecified atom stereocenters. The Balaban J connectivity index is 2.03. The van der Waals surface area contributed by atoms with Crippen LogP contribution >= 0.6 is 11.6 Å². The molecule has 0 aliphatic carbocycles. The molecule has 2 rings (SSSR count). The van der Waals surface area contributed by atoms with Crippen molar-refractivity contribution in [1.82, 2.24) is 4.57 Å². The molecule has 0 bridgehead atoms. The van der Waals surface area contributed by atoms with Gasteiger partial charge in [-0.3, -0.25) is 4.79 Å². The van der Waals surface area contributed by atoms with E-state index in [1.807, 2.05) is 30.8 Å². The van der Waals surface area contributed by atoms with Crippen LogP contribution in [0.25, 0.3) is 0 Å². The number of hydrogen-bond donors (Lipinski definition) is 0. The molecule has 0 fully saturated rings. The minimum atomic E-state index is -0.0463. The number of nitrogens with zero attached hydrogens (tertiary/aromatic N) is 1. The summed E-state index contributed by atoms with van der Waals surface area (Å²) in [6.07, 6.45) is 3.61. The molecule has 0 aliphatic heterocycles. The highest BCUT2D eigenvalue weighted by Gasteiger charge is 2.09. The fourth-order valence-corrected chi connectivity index (χ4v) is 1.79. The number of hydrogen-bond acceptors (Lipinski definition) is 2. The van der Waals surface area contributed by atoms with Crippen LogP contribution in [0.2, 0.25) is 5.02 Å². The van der Waals surface area contributed by atoms with Crippen LogP contribution in [0.1, 0.15) is 15.9 Å². The number of carbonyl (C=O) groups excluding carboxylic acids is 1. The van der Waals surface area contributed by atoms with E-state index in [1.165, 1.54) is 0 Å². The Morgan fingerprint density at radius 3 is 2.83 bits per heavy atom. The van der Waals surface area contributed by atoms with Gasteiger partial charge in [-0.2, -0.15) is 0 Å². The topological polar surface area (TPSA) is 31.2 Å². The van der Waals surface area contributed by atoms with Crippen molar-refractivity contribution in [3.05, 3.63) is 52.8 Å². The molecule has 1 aromatic heterocycles. The monoisotopic (exact) mass is 263 g/mol. The Morgan fingerprint density at radius 2 is 2.17 bits per heavy atom. The first-order valence-electron chi connectivity index (χ1n) is 5.60. The molecule has 0 saturated carbocycles. The zero-order chi connectivity index (χ0) is 13.1. The smallest absolute Gasteiger partial charge is 0.201 e. The maximum absolute atomic E-state index is 11.9. The first-order chi connectivity index (χ1) is 8.56. The van der Waals surface area contributed by atoms with Crippen molar-refractivity contribution < 1.29 is 9.53 Å². The summed E-state index contributed by atoms with van der Waals surface area (Å²) in [4.78, 5) is 11.9. The van der Waals surface area contributed by atoms with E-state index in [1.54, 1.807) is 24.4 Å². The maximum Gasteiger partial charge on any atom is 0.201 e. The van der Waals surface area contributed by atoms with E-state index in [0.29, 0.717) is 16.3 Å². The minimum Gasteiger partial charge on any atom is -0.485 e. The highest BCUT2D eigenvalue weighted by molar-refractivity contribution is 6.30. The average Bonchev–Trinajstić information content (AvgIpc) is 2.77. The molecule has 0 atom stereocenters. The predicted octanol–water partition coefficient (Wildman–Crippen LogP) is 3.25. The first kappa shape index (κ1) is 12.7. The molecular formula is C14H14ClNO2. The van der Waals surface area contributed by atoms with Gasteiger partial charge in [-0.05, 0) is 30.7 Å². The van der Waals surface area contributed by atoms with Crippen LogP contribution in [0.3, 0.4) is 0 Å². The second-order valence-electron chi connectivity index (χ2n) is 4.19. The fourth-order valence-electron chi connectivity index (χ4n) is 1.62. The van der Waals surface area contributed by atoms with E-state index in [0.717, 1.165) is 5.56 Å². The highest BCUT2D eigenvalue weighted by atomic mass is 35.5. The molecule has 0 aliphatic rings. The van der Waals surface area contributed by atoms with Gasteiger partial charge in [-0.25, -0.2) is 0 Å². The Labute approximate surface area is 111 Å². The third-order valence-electron chi connectivity index (χ3n) is 2.66. The zero-order valence-electron chi connectivity index (χ0n) is 10.3. The van der Waals surface area contributed by atoms with Crippen molar-refractivity contribution in [3.63, 3.8) is 0 Å². The molecule has 94 valence electrons. The van der Waals surface area contributed by atoms with Crippen LogP contribution < -0.4 is 4.74 Å². The largest absolute Gasteiger partial charge is 0.485 e. The lowest BCUT2D eigenvalue weighted by atomic mass is 10.2. The Bertz CT molecular complexity index is 575. The van der Waals surface area contributed by atoms with Crippen LogP contribution in [0.5, 0.6) is 5.75 Å². The van der Waals surface area contributed by atoms with Crippen LogP contribution in [0, 0.1) is 6.92 Å². The van der Waals surface area contributed by atoms with E-state index >= 15 is 0 Å². The van der Waals surface area contributed by atoms with Gasteiger partial charge in [0.25, 0.3) is 0 Å². The summed E-state index contributed by atoms with van der Waals surface area (Å²) in [6, 6.07) is 7.15. The van der Waals surface area contributed by atoms with E-state index in [-0.39, 0.29) is 12.4 Å². The Hall–Kier alpha value is -1.74. The first-order valence-corrected chi connectivity index (χ1v) is 5.98. The van der Waals surface area contributed by atoms with Gasteiger partial charge < -0.3 is 9.30 Å².